The Hall–Kier alpha value is -3.62. The van der Waals surface area contributed by atoms with Crippen molar-refractivity contribution in [3.63, 3.8) is 0 Å². The summed E-state index contributed by atoms with van der Waals surface area (Å²) < 4.78 is 10.1. The van der Waals surface area contributed by atoms with Gasteiger partial charge in [0.25, 0.3) is 5.91 Å². The van der Waals surface area contributed by atoms with Crippen LogP contribution in [0.1, 0.15) is 16.2 Å². The normalized spacial score (nSPS) is 10.6. The van der Waals surface area contributed by atoms with E-state index in [0.717, 1.165) is 0 Å². The van der Waals surface area contributed by atoms with Crippen molar-refractivity contribution < 1.29 is 23.5 Å². The number of hydrogen-bond acceptors (Lipinski definition) is 6. The number of benzene rings is 1. The molecule has 9 heteroatoms. The molecule has 3 rings (SSSR count). The topological polar surface area (TPSA) is 118 Å². The zero-order chi connectivity index (χ0) is 19.2. The highest BCUT2D eigenvalue weighted by Gasteiger charge is 2.19. The summed E-state index contributed by atoms with van der Waals surface area (Å²) in [5.41, 5.74) is 0.804. The summed E-state index contributed by atoms with van der Waals surface area (Å²) in [7, 11) is 1.45. The molecule has 0 fully saturated rings. The number of furan rings is 1. The number of likely N-dealkylation sites (N-methyl/N-ethyl adjacent to an activating group) is 1. The zero-order valence-corrected chi connectivity index (χ0v) is 14.6. The molecule has 2 heterocycles. The second-order valence-electron chi connectivity index (χ2n) is 5.80. The number of carbonyl (C=O) groups excluding carboxylic acids is 3. The average molecular weight is 370 g/mol. The molecule has 140 valence electrons. The van der Waals surface area contributed by atoms with Gasteiger partial charge in [-0.3, -0.25) is 14.7 Å². The average Bonchev–Trinajstić information content (AvgIpc) is 3.33. The van der Waals surface area contributed by atoms with E-state index in [0.29, 0.717) is 16.7 Å². The number of aromatic nitrogens is 2. The van der Waals surface area contributed by atoms with E-state index in [9.17, 15) is 14.4 Å². The fourth-order valence-corrected chi connectivity index (χ4v) is 2.38. The van der Waals surface area contributed by atoms with Gasteiger partial charge in [-0.1, -0.05) is 18.2 Å². The third-order valence-corrected chi connectivity index (χ3v) is 3.84. The minimum absolute atomic E-state index is 0.109. The highest BCUT2D eigenvalue weighted by Crippen LogP contribution is 2.15. The lowest BCUT2D eigenvalue weighted by Gasteiger charge is -2.16. The van der Waals surface area contributed by atoms with E-state index >= 15 is 0 Å². The van der Waals surface area contributed by atoms with E-state index in [2.05, 4.69) is 15.5 Å². The van der Waals surface area contributed by atoms with Gasteiger partial charge in [-0.15, -0.1) is 0 Å². The molecule has 9 nitrogen and oxygen atoms in total. The van der Waals surface area contributed by atoms with Gasteiger partial charge in [-0.05, 0) is 18.2 Å². The quantitative estimate of drug-likeness (QED) is 0.601. The molecule has 27 heavy (non-hydrogen) atoms. The number of para-hydroxylation sites is 1. The number of amides is 2. The zero-order valence-electron chi connectivity index (χ0n) is 14.6. The van der Waals surface area contributed by atoms with Gasteiger partial charge in [0.2, 0.25) is 5.91 Å². The number of rotatable bonds is 7. The second kappa shape index (κ2) is 8.17. The Balaban J connectivity index is 1.46. The van der Waals surface area contributed by atoms with Gasteiger partial charge in [0.05, 0.1) is 24.9 Å². The molecular formula is C18H18N4O5. The smallest absolute Gasteiger partial charge is 0.359 e. The first-order valence-corrected chi connectivity index (χ1v) is 8.18. The molecule has 0 saturated carbocycles. The predicted octanol–water partition coefficient (Wildman–Crippen LogP) is 1.09. The van der Waals surface area contributed by atoms with Crippen LogP contribution in [0.2, 0.25) is 0 Å². The van der Waals surface area contributed by atoms with E-state index in [1.54, 1.807) is 30.3 Å². The van der Waals surface area contributed by atoms with Crippen molar-refractivity contribution in [3.05, 3.63) is 54.1 Å². The van der Waals surface area contributed by atoms with Crippen molar-refractivity contribution in [1.29, 1.82) is 0 Å². The number of esters is 1. The molecule has 1 aromatic carbocycles. The fourth-order valence-electron chi connectivity index (χ4n) is 2.38. The van der Waals surface area contributed by atoms with Crippen LogP contribution in [0.3, 0.4) is 0 Å². The maximum absolute atomic E-state index is 12.1. The lowest BCUT2D eigenvalue weighted by atomic mass is 10.2. The highest BCUT2D eigenvalue weighted by atomic mass is 16.5. The Kier molecular flexibility index (Phi) is 5.50. The number of H-pyrrole nitrogens is 1. The van der Waals surface area contributed by atoms with Gasteiger partial charge in [0, 0.05) is 12.4 Å². The van der Waals surface area contributed by atoms with Crippen LogP contribution in [-0.2, 0) is 20.9 Å². The minimum Gasteiger partial charge on any atom is -0.467 e. The Morgan fingerprint density at radius 1 is 1.22 bits per heavy atom. The molecule has 0 aliphatic heterocycles. The second-order valence-corrected chi connectivity index (χ2v) is 5.80. The highest BCUT2D eigenvalue weighted by molar-refractivity contribution is 6.02. The SMILES string of the molecule is CN(CC(=O)NCc1ccco1)C(=O)COC(=O)c1n[nH]c2ccccc12. The third kappa shape index (κ3) is 4.51. The van der Waals surface area contributed by atoms with E-state index in [4.69, 9.17) is 9.15 Å². The number of fused-ring (bicyclic) bond motifs is 1. The summed E-state index contributed by atoms with van der Waals surface area (Å²) >= 11 is 0. The van der Waals surface area contributed by atoms with Gasteiger partial charge in [0.15, 0.2) is 12.3 Å². The predicted molar refractivity (Wildman–Crippen MR) is 94.6 cm³/mol. The van der Waals surface area contributed by atoms with Crippen LogP contribution < -0.4 is 5.32 Å². The number of nitrogens with one attached hydrogen (secondary N) is 2. The molecule has 0 bridgehead atoms. The van der Waals surface area contributed by atoms with Gasteiger partial charge in [-0.25, -0.2) is 4.79 Å². The lowest BCUT2D eigenvalue weighted by molar-refractivity contribution is -0.137. The molecule has 2 N–H and O–H groups in total. The van der Waals surface area contributed by atoms with Crippen molar-refractivity contribution in [2.75, 3.05) is 20.2 Å². The van der Waals surface area contributed by atoms with Crippen molar-refractivity contribution in [1.82, 2.24) is 20.4 Å². The summed E-state index contributed by atoms with van der Waals surface area (Å²) in [5, 5.41) is 9.88. The fraction of sp³-hybridized carbons (Fsp3) is 0.222. The molecule has 0 unspecified atom stereocenters. The summed E-state index contributed by atoms with van der Waals surface area (Å²) in [6.45, 7) is -0.417. The van der Waals surface area contributed by atoms with Gasteiger partial charge < -0.3 is 19.4 Å². The van der Waals surface area contributed by atoms with Gasteiger partial charge in [0.1, 0.15) is 5.76 Å². The maximum Gasteiger partial charge on any atom is 0.359 e. The minimum atomic E-state index is -0.712. The van der Waals surface area contributed by atoms with Crippen LogP contribution in [0.4, 0.5) is 0 Å². The largest absolute Gasteiger partial charge is 0.467 e. The van der Waals surface area contributed by atoms with Crippen molar-refractivity contribution in [2.24, 2.45) is 0 Å². The van der Waals surface area contributed by atoms with Crippen LogP contribution in [-0.4, -0.2) is 53.1 Å². The number of ether oxygens (including phenoxy) is 1. The molecule has 0 radical (unpaired) electrons. The molecule has 0 atom stereocenters. The number of nitrogens with zero attached hydrogens (tertiary/aromatic N) is 2. The first-order chi connectivity index (χ1) is 13.0. The van der Waals surface area contributed by atoms with Crippen molar-refractivity contribution in [2.45, 2.75) is 6.54 Å². The Labute approximate surface area is 154 Å². The lowest BCUT2D eigenvalue weighted by Crippen LogP contribution is -2.39. The first-order valence-electron chi connectivity index (χ1n) is 8.18. The Bertz CT molecular complexity index is 948. The number of hydrogen-bond donors (Lipinski definition) is 2. The van der Waals surface area contributed by atoms with Crippen molar-refractivity contribution in [3.8, 4) is 0 Å². The van der Waals surface area contributed by atoms with Crippen LogP contribution in [0, 0.1) is 0 Å². The molecule has 0 aliphatic rings. The standard InChI is InChI=1S/C18H18N4O5/c1-22(10-15(23)19-9-12-5-4-8-26-12)16(24)11-27-18(25)17-13-6-2-3-7-14(13)20-21-17/h2-8H,9-11H2,1H3,(H,19,23)(H,20,21). The van der Waals surface area contributed by atoms with E-state index in [1.165, 1.54) is 18.2 Å². The molecule has 3 aromatic rings. The van der Waals surface area contributed by atoms with Crippen LogP contribution in [0.25, 0.3) is 10.9 Å². The third-order valence-electron chi connectivity index (χ3n) is 3.84. The van der Waals surface area contributed by atoms with E-state index in [-0.39, 0.29) is 24.7 Å². The van der Waals surface area contributed by atoms with Gasteiger partial charge >= 0.3 is 5.97 Å². The molecule has 0 saturated heterocycles. The maximum atomic E-state index is 12.1. The van der Waals surface area contributed by atoms with Crippen LogP contribution in [0.15, 0.2) is 47.1 Å². The van der Waals surface area contributed by atoms with Gasteiger partial charge in [-0.2, -0.15) is 5.10 Å². The molecule has 0 aliphatic carbocycles. The number of carbonyl (C=O) groups is 3. The summed E-state index contributed by atoms with van der Waals surface area (Å²) in [4.78, 5) is 37.2. The van der Waals surface area contributed by atoms with E-state index < -0.39 is 18.5 Å². The summed E-state index contributed by atoms with van der Waals surface area (Å²) in [5.74, 6) is -0.961. The Morgan fingerprint density at radius 2 is 2.04 bits per heavy atom. The molecular weight excluding hydrogens is 352 g/mol. The molecule has 0 spiro atoms. The van der Waals surface area contributed by atoms with Crippen LogP contribution >= 0.6 is 0 Å². The van der Waals surface area contributed by atoms with E-state index in [1.807, 2.05) is 6.07 Å². The number of aromatic amines is 1. The molecule has 2 amide bonds. The first kappa shape index (κ1) is 18.2. The summed E-state index contributed by atoms with van der Waals surface area (Å²) in [6, 6.07) is 10.5. The Morgan fingerprint density at radius 3 is 2.81 bits per heavy atom. The summed E-state index contributed by atoms with van der Waals surface area (Å²) in [6.07, 6.45) is 1.51. The monoisotopic (exact) mass is 370 g/mol. The molecule has 2 aromatic heterocycles. The van der Waals surface area contributed by atoms with Crippen LogP contribution in [0.5, 0.6) is 0 Å². The van der Waals surface area contributed by atoms with Crippen molar-refractivity contribution >= 4 is 28.7 Å².